The zero-order valence-electron chi connectivity index (χ0n) is 18.4. The van der Waals surface area contributed by atoms with Crippen molar-refractivity contribution in [3.8, 4) is 5.88 Å². The van der Waals surface area contributed by atoms with E-state index in [1.807, 2.05) is 23.9 Å². The minimum absolute atomic E-state index is 0.394. The van der Waals surface area contributed by atoms with Crippen LogP contribution in [0.25, 0.3) is 0 Å². The van der Waals surface area contributed by atoms with Crippen molar-refractivity contribution >= 4 is 5.96 Å². The van der Waals surface area contributed by atoms with Crippen molar-refractivity contribution in [3.63, 3.8) is 0 Å². The molecule has 158 valence electrons. The normalized spacial score (nSPS) is 14.3. The third-order valence-electron chi connectivity index (χ3n) is 4.96. The van der Waals surface area contributed by atoms with Crippen molar-refractivity contribution in [1.82, 2.24) is 25.0 Å². The third-order valence-corrected chi connectivity index (χ3v) is 4.96. The molecular formula is C22H34N6O. The lowest BCUT2D eigenvalue weighted by molar-refractivity contribution is 0.288. The summed E-state index contributed by atoms with van der Waals surface area (Å²) < 4.78 is 7.69. The van der Waals surface area contributed by atoms with Crippen molar-refractivity contribution < 1.29 is 4.74 Å². The monoisotopic (exact) mass is 398 g/mol. The maximum Gasteiger partial charge on any atom is 0.213 e. The molecule has 1 aliphatic rings. The van der Waals surface area contributed by atoms with Gasteiger partial charge in [0, 0.05) is 51.2 Å². The van der Waals surface area contributed by atoms with E-state index in [0.717, 1.165) is 42.8 Å². The fourth-order valence-corrected chi connectivity index (χ4v) is 3.24. The highest BCUT2D eigenvalue weighted by molar-refractivity contribution is 5.79. The summed E-state index contributed by atoms with van der Waals surface area (Å²) in [5.41, 5.74) is 3.47. The molecule has 0 atom stereocenters. The van der Waals surface area contributed by atoms with Crippen LogP contribution in [-0.4, -0.2) is 45.8 Å². The van der Waals surface area contributed by atoms with Crippen LogP contribution in [0.2, 0.25) is 0 Å². The van der Waals surface area contributed by atoms with Gasteiger partial charge in [-0.15, -0.1) is 0 Å². The third kappa shape index (κ3) is 6.21. The lowest BCUT2D eigenvalue weighted by atomic mass is 10.1. The Balaban J connectivity index is 1.66. The average molecular weight is 399 g/mol. The molecule has 7 heteroatoms. The number of ether oxygens (including phenoxy) is 1. The number of nitrogens with one attached hydrogen (secondary N) is 1. The maximum atomic E-state index is 5.79. The number of rotatable bonds is 9. The number of pyridine rings is 1. The van der Waals surface area contributed by atoms with Gasteiger partial charge in [0.15, 0.2) is 5.96 Å². The molecule has 0 unspecified atom stereocenters. The van der Waals surface area contributed by atoms with Crippen molar-refractivity contribution in [1.29, 1.82) is 0 Å². The van der Waals surface area contributed by atoms with E-state index >= 15 is 0 Å². The molecular weight excluding hydrogens is 364 g/mol. The number of hydrogen-bond acceptors (Lipinski definition) is 4. The van der Waals surface area contributed by atoms with Gasteiger partial charge in [0.25, 0.3) is 0 Å². The molecule has 0 aromatic carbocycles. The number of aromatic nitrogens is 3. The van der Waals surface area contributed by atoms with Gasteiger partial charge in [-0.3, -0.25) is 4.68 Å². The largest absolute Gasteiger partial charge is 0.477 e. The van der Waals surface area contributed by atoms with Gasteiger partial charge < -0.3 is 15.0 Å². The summed E-state index contributed by atoms with van der Waals surface area (Å²) in [6, 6.07) is 3.99. The molecule has 0 aliphatic heterocycles. The molecule has 2 aromatic rings. The second-order valence-electron chi connectivity index (χ2n) is 8.15. The summed E-state index contributed by atoms with van der Waals surface area (Å²) in [6.07, 6.45) is 6.45. The predicted molar refractivity (Wildman–Crippen MR) is 116 cm³/mol. The molecule has 0 amide bonds. The van der Waals surface area contributed by atoms with Gasteiger partial charge in [-0.2, -0.15) is 5.10 Å². The molecule has 2 aromatic heterocycles. The zero-order valence-corrected chi connectivity index (χ0v) is 18.4. The minimum atomic E-state index is 0.394. The first-order valence-corrected chi connectivity index (χ1v) is 10.6. The van der Waals surface area contributed by atoms with E-state index in [4.69, 9.17) is 9.73 Å². The highest BCUT2D eigenvalue weighted by Crippen LogP contribution is 2.29. The zero-order chi connectivity index (χ0) is 20.8. The Hall–Kier alpha value is -2.57. The van der Waals surface area contributed by atoms with E-state index in [0.29, 0.717) is 18.3 Å². The molecule has 0 saturated heterocycles. The fourth-order valence-electron chi connectivity index (χ4n) is 3.24. The van der Waals surface area contributed by atoms with Gasteiger partial charge >= 0.3 is 0 Å². The molecule has 0 bridgehead atoms. The lowest BCUT2D eigenvalue weighted by Crippen LogP contribution is -2.38. The van der Waals surface area contributed by atoms with E-state index in [9.17, 15) is 0 Å². The van der Waals surface area contributed by atoms with E-state index in [-0.39, 0.29) is 0 Å². The molecule has 1 fully saturated rings. The second kappa shape index (κ2) is 9.76. The highest BCUT2D eigenvalue weighted by Gasteiger charge is 2.22. The summed E-state index contributed by atoms with van der Waals surface area (Å²) in [7, 11) is 4.04. The van der Waals surface area contributed by atoms with Gasteiger partial charge in [-0.05, 0) is 43.2 Å². The van der Waals surface area contributed by atoms with Crippen LogP contribution in [0.4, 0.5) is 0 Å². The van der Waals surface area contributed by atoms with Gasteiger partial charge in [0.2, 0.25) is 5.88 Å². The number of guanidine groups is 1. The number of aryl methyl sites for hydroxylation is 1. The average Bonchev–Trinajstić information content (AvgIpc) is 3.45. The molecule has 7 nitrogen and oxygen atoms in total. The SMILES string of the molecule is CCNC(=NCc1ccnc(OCC2CC2)c1)N(C)Cc1cn(C)nc1C(C)C. The van der Waals surface area contributed by atoms with Crippen LogP contribution in [0.3, 0.4) is 0 Å². The summed E-state index contributed by atoms with van der Waals surface area (Å²) in [5, 5.41) is 8.01. The lowest BCUT2D eigenvalue weighted by Gasteiger charge is -2.22. The molecule has 29 heavy (non-hydrogen) atoms. The van der Waals surface area contributed by atoms with Gasteiger partial charge in [-0.1, -0.05) is 13.8 Å². The van der Waals surface area contributed by atoms with Gasteiger partial charge in [0.05, 0.1) is 18.8 Å². The minimum Gasteiger partial charge on any atom is -0.477 e. The van der Waals surface area contributed by atoms with Crippen LogP contribution < -0.4 is 10.1 Å². The molecule has 1 N–H and O–H groups in total. The Morgan fingerprint density at radius 2 is 2.21 bits per heavy atom. The van der Waals surface area contributed by atoms with Crippen LogP contribution in [0.5, 0.6) is 5.88 Å². The Labute approximate surface area is 174 Å². The van der Waals surface area contributed by atoms with Gasteiger partial charge in [0.1, 0.15) is 0 Å². The number of hydrogen-bond donors (Lipinski definition) is 1. The highest BCUT2D eigenvalue weighted by atomic mass is 16.5. The number of nitrogens with zero attached hydrogens (tertiary/aromatic N) is 5. The maximum absolute atomic E-state index is 5.79. The Morgan fingerprint density at radius 1 is 1.41 bits per heavy atom. The first kappa shape index (κ1) is 21.1. The van der Waals surface area contributed by atoms with Crippen LogP contribution in [0.15, 0.2) is 29.5 Å². The summed E-state index contributed by atoms with van der Waals surface area (Å²) in [6.45, 7) is 9.38. The molecule has 1 saturated carbocycles. The van der Waals surface area contributed by atoms with Crippen molar-refractivity contribution in [2.45, 2.75) is 52.6 Å². The molecule has 2 heterocycles. The predicted octanol–water partition coefficient (Wildman–Crippen LogP) is 3.32. The summed E-state index contributed by atoms with van der Waals surface area (Å²) >= 11 is 0. The Kier molecular flexibility index (Phi) is 7.12. The number of aliphatic imine (C=N–C) groups is 1. The van der Waals surface area contributed by atoms with Crippen molar-refractivity contribution in [3.05, 3.63) is 41.3 Å². The van der Waals surface area contributed by atoms with E-state index in [1.54, 1.807) is 6.20 Å². The quantitative estimate of drug-likeness (QED) is 0.518. The van der Waals surface area contributed by atoms with Crippen molar-refractivity contribution in [2.75, 3.05) is 20.2 Å². The second-order valence-corrected chi connectivity index (χ2v) is 8.15. The Bertz CT molecular complexity index is 824. The van der Waals surface area contributed by atoms with E-state index < -0.39 is 0 Å². The fraction of sp³-hybridized carbons (Fsp3) is 0.591. The summed E-state index contributed by atoms with van der Waals surface area (Å²) in [4.78, 5) is 11.3. The first-order chi connectivity index (χ1) is 14.0. The molecule has 3 rings (SSSR count). The molecule has 0 spiro atoms. The van der Waals surface area contributed by atoms with Crippen LogP contribution in [0, 0.1) is 5.92 Å². The van der Waals surface area contributed by atoms with E-state index in [2.05, 4.69) is 54.3 Å². The molecule has 1 aliphatic carbocycles. The van der Waals surface area contributed by atoms with Crippen molar-refractivity contribution in [2.24, 2.45) is 18.0 Å². The Morgan fingerprint density at radius 3 is 2.90 bits per heavy atom. The first-order valence-electron chi connectivity index (χ1n) is 10.6. The van der Waals surface area contributed by atoms with Crippen LogP contribution >= 0.6 is 0 Å². The van der Waals surface area contributed by atoms with E-state index in [1.165, 1.54) is 18.4 Å². The standard InChI is InChI=1S/C22H34N6O/c1-6-23-22(27(4)13-19-14-28(5)26-21(19)16(2)3)25-12-18-9-10-24-20(11-18)29-15-17-7-8-17/h9-11,14,16-17H,6-8,12-13,15H2,1-5H3,(H,23,25). The summed E-state index contributed by atoms with van der Waals surface area (Å²) in [5.74, 6) is 2.68. The van der Waals surface area contributed by atoms with Gasteiger partial charge in [-0.25, -0.2) is 9.98 Å². The topological polar surface area (TPSA) is 67.6 Å². The smallest absolute Gasteiger partial charge is 0.213 e. The van der Waals surface area contributed by atoms with Crippen LogP contribution in [0.1, 0.15) is 56.4 Å². The van der Waals surface area contributed by atoms with Crippen LogP contribution in [-0.2, 0) is 20.1 Å². The molecule has 0 radical (unpaired) electrons.